The number of Topliss-reactive ketones (excluding diaryl/α,β-unsaturated/α-hetero) is 1. The number of aromatic nitrogens is 1. The van der Waals surface area contributed by atoms with Gasteiger partial charge in [-0.3, -0.25) is 14.5 Å². The topological polar surface area (TPSA) is 115 Å². The number of hydrogen-bond acceptors (Lipinski definition) is 9. The number of thiazole rings is 1. The van der Waals surface area contributed by atoms with Crippen molar-refractivity contribution in [3.05, 3.63) is 111 Å². The molecule has 1 aliphatic rings. The number of anilines is 1. The number of nitrogens with zero attached hydrogens (tertiary/aromatic N) is 2. The van der Waals surface area contributed by atoms with Crippen LogP contribution in [0.2, 0.25) is 0 Å². The van der Waals surface area contributed by atoms with Crippen LogP contribution in [-0.2, 0) is 20.9 Å². The third-order valence-corrected chi connectivity index (χ3v) is 8.61. The molecule has 3 aromatic carbocycles. The first kappa shape index (κ1) is 32.4. The minimum atomic E-state index is -1.01. The highest BCUT2D eigenvalue weighted by molar-refractivity contribution is 7.17. The van der Waals surface area contributed by atoms with Crippen molar-refractivity contribution in [2.24, 2.45) is 0 Å². The van der Waals surface area contributed by atoms with Gasteiger partial charge in [0.05, 0.1) is 30.5 Å². The molecule has 1 aromatic heterocycles. The third kappa shape index (κ3) is 6.97. The molecule has 9 nitrogen and oxygen atoms in total. The van der Waals surface area contributed by atoms with E-state index in [4.69, 9.17) is 14.2 Å². The van der Waals surface area contributed by atoms with Crippen molar-refractivity contribution in [3.63, 3.8) is 0 Å². The van der Waals surface area contributed by atoms with Crippen molar-refractivity contribution >= 4 is 39.9 Å². The summed E-state index contributed by atoms with van der Waals surface area (Å²) in [6, 6.07) is 20.7. The normalized spacial score (nSPS) is 15.7. The summed E-state index contributed by atoms with van der Waals surface area (Å²) in [5.41, 5.74) is 3.34. The standard InChI is InChI=1S/C36H36N2O7S/c1-5-7-19-44-27-15-11-25(12-16-27)30-29(32(40)34(41)38(30)36-37-23(4)33(46-36)35(42)43-6-2)31(39)26-13-17-28(18-14-26)45-21-24-10-8-9-22(3)20-24/h8-18,20,30,39H,5-7,19,21H2,1-4H3. The number of aliphatic hydroxyl groups excluding tert-OH is 1. The molecular formula is C36H36N2O7S. The summed E-state index contributed by atoms with van der Waals surface area (Å²) in [6.07, 6.45) is 1.90. The Morgan fingerprint density at radius 1 is 0.957 bits per heavy atom. The Labute approximate surface area is 272 Å². The first-order valence-corrected chi connectivity index (χ1v) is 16.0. The lowest BCUT2D eigenvalue weighted by Crippen LogP contribution is -2.29. The lowest BCUT2D eigenvalue weighted by atomic mass is 9.95. The van der Waals surface area contributed by atoms with E-state index in [9.17, 15) is 19.5 Å². The lowest BCUT2D eigenvalue weighted by molar-refractivity contribution is -0.132. The molecule has 0 saturated carbocycles. The van der Waals surface area contributed by atoms with Gasteiger partial charge in [-0.25, -0.2) is 9.78 Å². The molecule has 1 saturated heterocycles. The molecule has 46 heavy (non-hydrogen) atoms. The number of benzene rings is 3. The average molecular weight is 641 g/mol. The number of hydrogen-bond donors (Lipinski definition) is 1. The fourth-order valence-corrected chi connectivity index (χ4v) is 6.12. The zero-order valence-corrected chi connectivity index (χ0v) is 27.1. The van der Waals surface area contributed by atoms with Crippen molar-refractivity contribution in [1.82, 2.24) is 4.98 Å². The van der Waals surface area contributed by atoms with Crippen molar-refractivity contribution in [2.75, 3.05) is 18.1 Å². The van der Waals surface area contributed by atoms with Crippen molar-refractivity contribution in [2.45, 2.75) is 53.2 Å². The van der Waals surface area contributed by atoms with Crippen LogP contribution in [0.4, 0.5) is 5.13 Å². The van der Waals surface area contributed by atoms with E-state index >= 15 is 0 Å². The van der Waals surface area contributed by atoms with E-state index in [0.29, 0.717) is 41.5 Å². The Bertz CT molecular complexity index is 1760. The molecule has 2 heterocycles. The molecule has 4 aromatic rings. The van der Waals surface area contributed by atoms with E-state index in [-0.39, 0.29) is 27.9 Å². The number of carbonyl (C=O) groups excluding carboxylic acids is 3. The van der Waals surface area contributed by atoms with E-state index in [2.05, 4.69) is 11.9 Å². The van der Waals surface area contributed by atoms with Crippen LogP contribution >= 0.6 is 11.3 Å². The molecule has 1 atom stereocenters. The highest BCUT2D eigenvalue weighted by atomic mass is 32.1. The SMILES string of the molecule is CCCCOc1ccc(C2C(=C(O)c3ccc(OCc4cccc(C)c4)cc3)C(=O)C(=O)N2c2nc(C)c(C(=O)OCC)s2)cc1. The van der Waals surface area contributed by atoms with Crippen LogP contribution in [0.1, 0.15) is 70.4 Å². The van der Waals surface area contributed by atoms with Gasteiger partial charge in [0.15, 0.2) is 5.13 Å². The van der Waals surface area contributed by atoms with Crippen molar-refractivity contribution < 1.29 is 33.7 Å². The second kappa shape index (κ2) is 14.4. The summed E-state index contributed by atoms with van der Waals surface area (Å²) < 4.78 is 16.9. The van der Waals surface area contributed by atoms with Crippen LogP contribution in [0.5, 0.6) is 11.5 Å². The van der Waals surface area contributed by atoms with Crippen molar-refractivity contribution in [1.29, 1.82) is 0 Å². The molecule has 1 N–H and O–H groups in total. The zero-order chi connectivity index (χ0) is 32.8. The van der Waals surface area contributed by atoms with Gasteiger partial charge in [0.1, 0.15) is 28.7 Å². The predicted octanol–water partition coefficient (Wildman–Crippen LogP) is 7.32. The smallest absolute Gasteiger partial charge is 0.350 e. The van der Waals surface area contributed by atoms with Crippen LogP contribution in [0.15, 0.2) is 78.4 Å². The van der Waals surface area contributed by atoms with Gasteiger partial charge in [-0.1, -0.05) is 66.6 Å². The molecule has 238 valence electrons. The average Bonchev–Trinajstić information content (AvgIpc) is 3.56. The van der Waals surface area contributed by atoms with Crippen LogP contribution in [0, 0.1) is 13.8 Å². The summed E-state index contributed by atoms with van der Waals surface area (Å²) >= 11 is 0.963. The van der Waals surface area contributed by atoms with Gasteiger partial charge in [-0.15, -0.1) is 0 Å². The molecule has 0 bridgehead atoms. The van der Waals surface area contributed by atoms with Gasteiger partial charge in [0.25, 0.3) is 5.78 Å². The minimum Gasteiger partial charge on any atom is -0.507 e. The molecule has 0 aliphatic carbocycles. The molecule has 5 rings (SSSR count). The number of unbranched alkanes of at least 4 members (excludes halogenated alkanes) is 1. The maximum Gasteiger partial charge on any atom is 0.350 e. The number of aliphatic hydroxyl groups is 1. The summed E-state index contributed by atoms with van der Waals surface area (Å²) in [7, 11) is 0. The number of rotatable bonds is 12. The Hall–Kier alpha value is -4.96. The van der Waals surface area contributed by atoms with Gasteiger partial charge in [-0.2, -0.15) is 0 Å². The van der Waals surface area contributed by atoms with Gasteiger partial charge >= 0.3 is 11.9 Å². The maximum absolute atomic E-state index is 13.6. The first-order chi connectivity index (χ1) is 22.2. The molecule has 1 unspecified atom stereocenters. The molecule has 0 spiro atoms. The molecular weight excluding hydrogens is 604 g/mol. The van der Waals surface area contributed by atoms with E-state index in [1.807, 2.05) is 31.2 Å². The Morgan fingerprint density at radius 2 is 1.65 bits per heavy atom. The van der Waals surface area contributed by atoms with Gasteiger partial charge in [0.2, 0.25) is 0 Å². The lowest BCUT2D eigenvalue weighted by Gasteiger charge is -2.23. The summed E-state index contributed by atoms with van der Waals surface area (Å²) in [5.74, 6) is -1.40. The maximum atomic E-state index is 13.6. The highest BCUT2D eigenvalue weighted by Gasteiger charge is 2.48. The van der Waals surface area contributed by atoms with Gasteiger partial charge in [0, 0.05) is 5.56 Å². The second-order valence-corrected chi connectivity index (χ2v) is 11.9. The highest BCUT2D eigenvalue weighted by Crippen LogP contribution is 2.44. The number of ketones is 1. The number of aryl methyl sites for hydroxylation is 2. The van der Waals surface area contributed by atoms with Crippen molar-refractivity contribution in [3.8, 4) is 11.5 Å². The predicted molar refractivity (Wildman–Crippen MR) is 176 cm³/mol. The molecule has 1 amide bonds. The van der Waals surface area contributed by atoms with Crippen LogP contribution in [0.3, 0.4) is 0 Å². The number of ether oxygens (including phenoxy) is 3. The molecule has 1 aliphatic heterocycles. The number of esters is 1. The fourth-order valence-electron chi connectivity index (χ4n) is 5.13. The van der Waals surface area contributed by atoms with Crippen LogP contribution in [-0.4, -0.2) is 41.0 Å². The summed E-state index contributed by atoms with van der Waals surface area (Å²) in [5, 5.41) is 11.7. The minimum absolute atomic E-state index is 0.0939. The Balaban J connectivity index is 1.51. The largest absolute Gasteiger partial charge is 0.507 e. The van der Waals surface area contributed by atoms with E-state index in [1.165, 1.54) is 4.90 Å². The number of amides is 1. The molecule has 10 heteroatoms. The Morgan fingerprint density at radius 3 is 2.33 bits per heavy atom. The van der Waals surface area contributed by atoms with E-state index in [1.54, 1.807) is 62.4 Å². The van der Waals surface area contributed by atoms with Crippen LogP contribution < -0.4 is 14.4 Å². The second-order valence-electron chi connectivity index (χ2n) is 10.9. The Kier molecular flexibility index (Phi) is 10.2. The van der Waals surface area contributed by atoms with E-state index < -0.39 is 23.7 Å². The summed E-state index contributed by atoms with van der Waals surface area (Å²) in [4.78, 5) is 45.8. The molecule has 0 radical (unpaired) electrons. The van der Waals surface area contributed by atoms with Gasteiger partial charge in [-0.05, 0) is 74.7 Å². The first-order valence-electron chi connectivity index (χ1n) is 15.2. The van der Waals surface area contributed by atoms with Crippen LogP contribution in [0.25, 0.3) is 5.76 Å². The van der Waals surface area contributed by atoms with E-state index in [0.717, 1.165) is 35.3 Å². The van der Waals surface area contributed by atoms with Gasteiger partial charge < -0.3 is 19.3 Å². The summed E-state index contributed by atoms with van der Waals surface area (Å²) in [6.45, 7) is 8.55. The molecule has 1 fully saturated rings. The quantitative estimate of drug-likeness (QED) is 0.0563. The number of carbonyl (C=O) groups is 3. The fraction of sp³-hybridized carbons (Fsp3) is 0.278. The monoisotopic (exact) mass is 640 g/mol. The zero-order valence-electron chi connectivity index (χ0n) is 26.2. The third-order valence-electron chi connectivity index (χ3n) is 7.47.